The molecule has 1 saturated carbocycles. The highest BCUT2D eigenvalue weighted by Crippen LogP contribution is 2.33. The summed E-state index contributed by atoms with van der Waals surface area (Å²) >= 11 is 0. The molecular weight excluding hydrogens is 291 g/mol. The van der Waals surface area contributed by atoms with Crippen LogP contribution < -0.4 is 20.6 Å². The van der Waals surface area contributed by atoms with Crippen molar-refractivity contribution in [1.29, 1.82) is 0 Å². The van der Waals surface area contributed by atoms with E-state index in [0.29, 0.717) is 6.85 Å². The number of nitrogens with zero attached hydrogens (tertiary/aromatic N) is 2. The molecule has 0 unspecified atom stereocenters. The van der Waals surface area contributed by atoms with Crippen molar-refractivity contribution in [2.24, 2.45) is 7.05 Å². The Morgan fingerprint density at radius 2 is 1.88 bits per heavy atom. The maximum absolute atomic E-state index is 2.46. The topological polar surface area (TPSA) is 7.12 Å². The Kier molecular flexibility index (Phi) is 3.95. The second-order valence-electron chi connectivity index (χ2n) is 7.44. The molecule has 1 aliphatic carbocycles. The maximum Gasteiger partial charge on any atom is 0.399 e. The highest BCUT2D eigenvalue weighted by molar-refractivity contribution is 6.85. The van der Waals surface area contributed by atoms with Crippen LogP contribution in [0.3, 0.4) is 0 Å². The van der Waals surface area contributed by atoms with Crippen LogP contribution in [0.5, 0.6) is 0 Å². The zero-order valence-electron chi connectivity index (χ0n) is 15.0. The van der Waals surface area contributed by atoms with Gasteiger partial charge in [-0.3, -0.25) is 0 Å². The molecule has 0 amide bonds. The summed E-state index contributed by atoms with van der Waals surface area (Å²) in [5, 5.41) is 2.70. The van der Waals surface area contributed by atoms with Crippen LogP contribution in [0.1, 0.15) is 44.1 Å². The lowest BCUT2D eigenvalue weighted by Gasteiger charge is -2.26. The van der Waals surface area contributed by atoms with Crippen molar-refractivity contribution < 1.29 is 4.57 Å². The highest BCUT2D eigenvalue weighted by atomic mass is 15.0. The van der Waals surface area contributed by atoms with Gasteiger partial charge >= 0.3 is 6.85 Å². The molecule has 1 aromatic heterocycles. The number of pyridine rings is 1. The van der Waals surface area contributed by atoms with Crippen LogP contribution in [0.4, 0.5) is 0 Å². The molecule has 0 bridgehead atoms. The van der Waals surface area contributed by atoms with Gasteiger partial charge in [0, 0.05) is 12.1 Å². The van der Waals surface area contributed by atoms with Crippen LogP contribution >= 0.6 is 0 Å². The van der Waals surface area contributed by atoms with E-state index in [2.05, 4.69) is 79.2 Å². The molecule has 0 saturated heterocycles. The van der Waals surface area contributed by atoms with Crippen LogP contribution in [0.2, 0.25) is 0 Å². The minimum absolute atomic E-state index is 0.311. The van der Waals surface area contributed by atoms with Gasteiger partial charge in [0.05, 0.1) is 0 Å². The first-order valence-electron chi connectivity index (χ1n) is 9.14. The Labute approximate surface area is 145 Å². The lowest BCUT2D eigenvalue weighted by molar-refractivity contribution is -0.654. The first-order chi connectivity index (χ1) is 11.6. The summed E-state index contributed by atoms with van der Waals surface area (Å²) in [5.74, 6) is 0.760. The number of fused-ring (bicyclic) bond motifs is 1. The van der Waals surface area contributed by atoms with Crippen molar-refractivity contribution in [3.8, 4) is 0 Å². The molecule has 0 atom stereocenters. The Balaban J connectivity index is 1.83. The van der Waals surface area contributed by atoms with Gasteiger partial charge in [0.25, 0.3) is 0 Å². The number of hydrogen-bond acceptors (Lipinski definition) is 1. The Morgan fingerprint density at radius 3 is 2.67 bits per heavy atom. The average molecular weight is 317 g/mol. The van der Waals surface area contributed by atoms with E-state index in [1.165, 1.54) is 52.7 Å². The molecule has 4 rings (SSSR count). The molecule has 2 aromatic rings. The summed E-state index contributed by atoms with van der Waals surface area (Å²) in [6, 6.07) is 13.5. The van der Waals surface area contributed by atoms with Crippen molar-refractivity contribution in [2.45, 2.75) is 38.5 Å². The van der Waals surface area contributed by atoms with E-state index >= 15 is 0 Å². The zero-order valence-corrected chi connectivity index (χ0v) is 15.0. The molecule has 2 heterocycles. The van der Waals surface area contributed by atoms with Crippen molar-refractivity contribution >= 4 is 24.1 Å². The van der Waals surface area contributed by atoms with Gasteiger partial charge in [-0.25, -0.2) is 4.57 Å². The maximum atomic E-state index is 2.46. The summed E-state index contributed by atoms with van der Waals surface area (Å²) in [7, 11) is 4.38. The second kappa shape index (κ2) is 6.12. The molecule has 122 valence electrons. The SMILES string of the molecule is CC1=c2ccccc2=CN(C)B1c1cc(C2CCCC2)cc[n+]1C. The third-order valence-corrected chi connectivity index (χ3v) is 5.86. The van der Waals surface area contributed by atoms with E-state index in [1.807, 2.05) is 0 Å². The normalized spacial score (nSPS) is 17.9. The second-order valence-corrected chi connectivity index (χ2v) is 7.44. The summed E-state index contributed by atoms with van der Waals surface area (Å²) in [4.78, 5) is 2.37. The molecule has 0 N–H and O–H groups in total. The molecule has 24 heavy (non-hydrogen) atoms. The molecule has 1 aliphatic heterocycles. The molecule has 1 aromatic carbocycles. The zero-order chi connectivity index (χ0) is 16.7. The number of aromatic nitrogens is 1. The van der Waals surface area contributed by atoms with Crippen molar-refractivity contribution in [3.05, 3.63) is 58.6 Å². The molecule has 2 aliphatic rings. The monoisotopic (exact) mass is 317 g/mol. The van der Waals surface area contributed by atoms with E-state index in [9.17, 15) is 0 Å². The van der Waals surface area contributed by atoms with Gasteiger partial charge in [-0.2, -0.15) is 0 Å². The van der Waals surface area contributed by atoms with Gasteiger partial charge in [0.15, 0.2) is 11.8 Å². The molecule has 2 nitrogen and oxygen atoms in total. The first kappa shape index (κ1) is 15.5. The van der Waals surface area contributed by atoms with E-state index in [-0.39, 0.29) is 0 Å². The fraction of sp³-hybridized carbons (Fsp3) is 0.381. The molecule has 0 spiro atoms. The number of aryl methyl sites for hydroxylation is 1. The minimum Gasteiger partial charge on any atom is -0.410 e. The Bertz CT molecular complexity index is 881. The predicted molar refractivity (Wildman–Crippen MR) is 101 cm³/mol. The van der Waals surface area contributed by atoms with Crippen LogP contribution in [-0.4, -0.2) is 18.7 Å². The standard InChI is InChI=1S/C21H26BN2/c1-16-20-11-7-6-10-19(20)15-24(3)22(16)21-14-18(12-13-23(21)2)17-8-4-5-9-17/h6-7,10-15,17H,4-5,8-9H2,1-3H3/q+1. The molecule has 0 radical (unpaired) electrons. The van der Waals surface area contributed by atoms with Crippen molar-refractivity contribution in [3.63, 3.8) is 0 Å². The highest BCUT2D eigenvalue weighted by Gasteiger charge is 2.34. The average Bonchev–Trinajstić information content (AvgIpc) is 3.11. The smallest absolute Gasteiger partial charge is 0.399 e. The number of hydrogen-bond donors (Lipinski definition) is 0. The number of benzene rings is 1. The van der Waals surface area contributed by atoms with Crippen LogP contribution in [0, 0.1) is 0 Å². The summed E-state index contributed by atoms with van der Waals surface area (Å²) < 4.78 is 2.30. The van der Waals surface area contributed by atoms with E-state index in [1.54, 1.807) is 0 Å². The molecule has 1 fully saturated rings. The summed E-state index contributed by atoms with van der Waals surface area (Å²) in [6.45, 7) is 2.60. The fourth-order valence-electron chi connectivity index (χ4n) is 4.54. The van der Waals surface area contributed by atoms with Crippen LogP contribution in [0.15, 0.2) is 42.6 Å². The summed E-state index contributed by atoms with van der Waals surface area (Å²) in [6.07, 6.45) is 10.0. The minimum atomic E-state index is 0.311. The van der Waals surface area contributed by atoms with Gasteiger partial charge < -0.3 is 4.81 Å². The Hall–Kier alpha value is -2.03. The van der Waals surface area contributed by atoms with E-state index in [0.717, 1.165) is 5.92 Å². The van der Waals surface area contributed by atoms with Crippen molar-refractivity contribution in [1.82, 2.24) is 4.81 Å². The van der Waals surface area contributed by atoms with Gasteiger partial charge in [-0.1, -0.05) is 42.6 Å². The third-order valence-electron chi connectivity index (χ3n) is 5.86. The summed E-state index contributed by atoms with van der Waals surface area (Å²) in [5.41, 5.74) is 4.36. The first-order valence-corrected chi connectivity index (χ1v) is 9.14. The van der Waals surface area contributed by atoms with Crippen molar-refractivity contribution in [2.75, 3.05) is 7.05 Å². The van der Waals surface area contributed by atoms with Gasteiger partial charge in [0.2, 0.25) is 0 Å². The van der Waals surface area contributed by atoms with E-state index < -0.39 is 0 Å². The fourth-order valence-corrected chi connectivity index (χ4v) is 4.54. The van der Waals surface area contributed by atoms with Gasteiger partial charge in [-0.15, -0.1) is 0 Å². The number of rotatable bonds is 2. The largest absolute Gasteiger partial charge is 0.410 e. The predicted octanol–water partition coefficient (Wildman–Crippen LogP) is 1.46. The van der Waals surface area contributed by atoms with Crippen LogP contribution in [0.25, 0.3) is 11.7 Å². The van der Waals surface area contributed by atoms with Gasteiger partial charge in [-0.05, 0) is 54.9 Å². The van der Waals surface area contributed by atoms with E-state index in [4.69, 9.17) is 0 Å². The van der Waals surface area contributed by atoms with Crippen LogP contribution in [-0.2, 0) is 7.05 Å². The molecular formula is C21H26BN2+. The Morgan fingerprint density at radius 1 is 1.12 bits per heavy atom. The van der Waals surface area contributed by atoms with Gasteiger partial charge in [0.1, 0.15) is 7.05 Å². The lowest BCUT2D eigenvalue weighted by atomic mass is 9.49. The lowest BCUT2D eigenvalue weighted by Crippen LogP contribution is -2.62. The quantitative estimate of drug-likeness (QED) is 0.601. The molecule has 3 heteroatoms. The third kappa shape index (κ3) is 2.56.